The number of hydrogen-bond acceptors (Lipinski definition) is 3. The van der Waals surface area contributed by atoms with Gasteiger partial charge in [-0.3, -0.25) is 4.98 Å². The van der Waals surface area contributed by atoms with E-state index in [0.29, 0.717) is 12.1 Å². The molecule has 0 saturated carbocycles. The van der Waals surface area contributed by atoms with E-state index in [1.165, 1.54) is 5.57 Å². The maximum Gasteiger partial charge on any atom is 0.135 e. The molecule has 1 aromatic rings. The molecule has 4 atom stereocenters. The lowest BCUT2D eigenvalue weighted by atomic mass is 9.67. The number of piperidine rings is 1. The van der Waals surface area contributed by atoms with Crippen LogP contribution in [-0.4, -0.2) is 39.5 Å². The van der Waals surface area contributed by atoms with Crippen molar-refractivity contribution in [2.45, 2.75) is 69.0 Å². The van der Waals surface area contributed by atoms with Crippen LogP contribution in [0.2, 0.25) is 0 Å². The molecule has 4 heteroatoms. The zero-order valence-electron chi connectivity index (χ0n) is 16.0. The Morgan fingerprint density at radius 2 is 1.96 bits per heavy atom. The van der Waals surface area contributed by atoms with Crippen molar-refractivity contribution >= 4 is 11.6 Å². The smallest absolute Gasteiger partial charge is 0.135 e. The van der Waals surface area contributed by atoms with E-state index >= 15 is 0 Å². The van der Waals surface area contributed by atoms with Crippen LogP contribution in [0.5, 0.6) is 0 Å². The first-order valence-electron chi connectivity index (χ1n) is 9.84. The summed E-state index contributed by atoms with van der Waals surface area (Å²) < 4.78 is 0. The monoisotopic (exact) mass is 372 g/mol. The molecule has 140 valence electrons. The van der Waals surface area contributed by atoms with E-state index in [-0.39, 0.29) is 11.3 Å². The first-order chi connectivity index (χ1) is 12.4. The van der Waals surface area contributed by atoms with E-state index < -0.39 is 5.60 Å². The van der Waals surface area contributed by atoms with Gasteiger partial charge in [0.2, 0.25) is 0 Å². The molecule has 2 aliphatic carbocycles. The van der Waals surface area contributed by atoms with Gasteiger partial charge in [0, 0.05) is 29.6 Å². The number of allylic oxidation sites excluding steroid dienone is 2. The second-order valence-corrected chi connectivity index (χ2v) is 9.01. The van der Waals surface area contributed by atoms with Gasteiger partial charge in [-0.25, -0.2) is 0 Å². The lowest BCUT2D eigenvalue weighted by Crippen LogP contribution is -2.51. The third kappa shape index (κ3) is 2.85. The van der Waals surface area contributed by atoms with E-state index in [4.69, 9.17) is 16.6 Å². The second kappa shape index (κ2) is 6.78. The molecule has 2 heterocycles. The number of halogens is 1. The van der Waals surface area contributed by atoms with Gasteiger partial charge < -0.3 is 10.0 Å². The molecule has 4 rings (SSSR count). The predicted octanol–water partition coefficient (Wildman–Crippen LogP) is 4.20. The highest BCUT2D eigenvalue weighted by Gasteiger charge is 2.49. The SMILES string of the molecule is CC1CC(C2(O)C3=CCC(Cl)CC3=CCc3cccnc32)CC(C)N1C. The minimum Gasteiger partial charge on any atom is -0.378 e. The number of fused-ring (bicyclic) bond motifs is 2. The van der Waals surface area contributed by atoms with Gasteiger partial charge in [0.1, 0.15) is 5.60 Å². The number of rotatable bonds is 1. The average molecular weight is 373 g/mol. The van der Waals surface area contributed by atoms with Crippen LogP contribution in [0.15, 0.2) is 41.6 Å². The molecule has 4 unspecified atom stereocenters. The molecule has 1 fully saturated rings. The van der Waals surface area contributed by atoms with E-state index in [1.807, 2.05) is 12.3 Å². The first kappa shape index (κ1) is 18.2. The third-order valence-electron chi connectivity index (χ3n) is 6.83. The fourth-order valence-electron chi connectivity index (χ4n) is 5.15. The molecule has 0 bridgehead atoms. The standard InChI is InChI=1S/C22H29ClN2O/c1-14-11-18(12-15(2)25(14)3)22(26)20-9-8-19(23)13-17(20)7-6-16-5-4-10-24-21(16)22/h4-5,7,9-10,14-15,18-19,26H,6,8,11-13H2,1-3H3. The normalized spacial score (nSPS) is 37.9. The lowest BCUT2D eigenvalue weighted by Gasteiger charge is -2.48. The molecular weight excluding hydrogens is 344 g/mol. The number of hydrogen-bond donors (Lipinski definition) is 1. The minimum absolute atomic E-state index is 0.124. The second-order valence-electron chi connectivity index (χ2n) is 8.40. The van der Waals surface area contributed by atoms with E-state index in [0.717, 1.165) is 48.9 Å². The van der Waals surface area contributed by atoms with Gasteiger partial charge in [-0.1, -0.05) is 18.2 Å². The van der Waals surface area contributed by atoms with Crippen LogP contribution in [0.3, 0.4) is 0 Å². The zero-order chi connectivity index (χ0) is 18.5. The summed E-state index contributed by atoms with van der Waals surface area (Å²) in [5, 5.41) is 12.4. The van der Waals surface area contributed by atoms with Gasteiger partial charge in [0.05, 0.1) is 5.69 Å². The van der Waals surface area contributed by atoms with Crippen LogP contribution >= 0.6 is 11.6 Å². The summed E-state index contributed by atoms with van der Waals surface area (Å²) in [7, 11) is 2.19. The Hall–Kier alpha value is -1.16. The number of pyridine rings is 1. The summed E-state index contributed by atoms with van der Waals surface area (Å²) in [5.41, 5.74) is 3.28. The van der Waals surface area contributed by atoms with E-state index in [9.17, 15) is 5.11 Å². The summed E-state index contributed by atoms with van der Waals surface area (Å²) in [6, 6.07) is 4.98. The highest BCUT2D eigenvalue weighted by molar-refractivity contribution is 6.21. The molecular formula is C22H29ClN2O. The fraction of sp³-hybridized carbons (Fsp3) is 0.591. The van der Waals surface area contributed by atoms with Gasteiger partial charge >= 0.3 is 0 Å². The number of likely N-dealkylation sites (tertiary alicyclic amines) is 1. The van der Waals surface area contributed by atoms with Gasteiger partial charge in [0.25, 0.3) is 0 Å². The molecule has 3 aliphatic rings. The first-order valence-corrected chi connectivity index (χ1v) is 10.3. The Kier molecular flexibility index (Phi) is 4.75. The van der Waals surface area contributed by atoms with Crippen LogP contribution in [0.25, 0.3) is 0 Å². The molecule has 1 aromatic heterocycles. The van der Waals surface area contributed by atoms with E-state index in [1.54, 1.807) is 0 Å². The molecule has 1 N–H and O–H groups in total. The van der Waals surface area contributed by atoms with Gasteiger partial charge in [-0.2, -0.15) is 0 Å². The molecule has 1 aliphatic heterocycles. The largest absolute Gasteiger partial charge is 0.378 e. The Balaban J connectivity index is 1.86. The highest BCUT2D eigenvalue weighted by Crippen LogP contribution is 2.50. The molecule has 0 radical (unpaired) electrons. The predicted molar refractivity (Wildman–Crippen MR) is 106 cm³/mol. The van der Waals surface area contributed by atoms with Crippen molar-refractivity contribution in [1.29, 1.82) is 0 Å². The number of nitrogens with zero attached hydrogens (tertiary/aromatic N) is 2. The van der Waals surface area contributed by atoms with Gasteiger partial charge in [-0.05, 0) is 75.8 Å². The van der Waals surface area contributed by atoms with Crippen molar-refractivity contribution in [2.24, 2.45) is 5.92 Å². The van der Waals surface area contributed by atoms with Crippen molar-refractivity contribution in [3.63, 3.8) is 0 Å². The summed E-state index contributed by atoms with van der Waals surface area (Å²) in [5.74, 6) is 0.164. The van der Waals surface area contributed by atoms with Gasteiger partial charge in [0.15, 0.2) is 0 Å². The maximum atomic E-state index is 12.3. The molecule has 0 amide bonds. The Morgan fingerprint density at radius 1 is 1.23 bits per heavy atom. The van der Waals surface area contributed by atoms with Crippen LogP contribution in [0.1, 0.15) is 50.8 Å². The number of alkyl halides is 1. The molecule has 0 aromatic carbocycles. The van der Waals surface area contributed by atoms with E-state index in [2.05, 4.69) is 44.0 Å². The molecule has 1 saturated heterocycles. The van der Waals surface area contributed by atoms with Crippen molar-refractivity contribution in [1.82, 2.24) is 9.88 Å². The quantitative estimate of drug-likeness (QED) is 0.750. The Morgan fingerprint density at radius 3 is 2.69 bits per heavy atom. The summed E-state index contributed by atoms with van der Waals surface area (Å²) in [6.45, 7) is 4.53. The van der Waals surface area contributed by atoms with Crippen LogP contribution in [-0.2, 0) is 12.0 Å². The Bertz CT molecular complexity index is 746. The number of aromatic nitrogens is 1. The fourth-order valence-corrected chi connectivity index (χ4v) is 5.41. The van der Waals surface area contributed by atoms with Crippen molar-refractivity contribution < 1.29 is 5.11 Å². The number of aliphatic hydroxyl groups is 1. The topological polar surface area (TPSA) is 36.4 Å². The summed E-state index contributed by atoms with van der Waals surface area (Å²) in [6.07, 6.45) is 10.7. The van der Waals surface area contributed by atoms with Gasteiger partial charge in [-0.15, -0.1) is 11.6 Å². The molecule has 0 spiro atoms. The average Bonchev–Trinajstić information content (AvgIpc) is 2.75. The summed E-state index contributed by atoms with van der Waals surface area (Å²) in [4.78, 5) is 7.14. The third-order valence-corrected chi connectivity index (χ3v) is 7.16. The maximum absolute atomic E-state index is 12.3. The highest BCUT2D eigenvalue weighted by atomic mass is 35.5. The lowest BCUT2D eigenvalue weighted by molar-refractivity contribution is -0.0432. The molecule has 26 heavy (non-hydrogen) atoms. The van der Waals surface area contributed by atoms with Crippen LogP contribution < -0.4 is 0 Å². The van der Waals surface area contributed by atoms with Crippen LogP contribution in [0, 0.1) is 5.92 Å². The van der Waals surface area contributed by atoms with Crippen molar-refractivity contribution in [2.75, 3.05) is 7.05 Å². The van der Waals surface area contributed by atoms with Crippen molar-refractivity contribution in [3.05, 3.63) is 52.9 Å². The zero-order valence-corrected chi connectivity index (χ0v) is 16.7. The molecule has 3 nitrogen and oxygen atoms in total. The Labute approximate surface area is 161 Å². The van der Waals surface area contributed by atoms with Crippen molar-refractivity contribution in [3.8, 4) is 0 Å². The van der Waals surface area contributed by atoms with Crippen LogP contribution in [0.4, 0.5) is 0 Å². The minimum atomic E-state index is -1.01. The summed E-state index contributed by atoms with van der Waals surface area (Å²) >= 11 is 6.46.